The summed E-state index contributed by atoms with van der Waals surface area (Å²) in [6, 6.07) is 2.00. The third-order valence-corrected chi connectivity index (χ3v) is 2.45. The molecule has 0 unspecified atom stereocenters. The highest BCUT2D eigenvalue weighted by Gasteiger charge is 1.91. The fourth-order valence-corrected chi connectivity index (χ4v) is 1.53. The molecular formula is C12H13NOS. The summed E-state index contributed by atoms with van der Waals surface area (Å²) in [5, 5.41) is 0.147. The Bertz CT molecular complexity index is 404. The molecule has 1 heterocycles. The minimum atomic E-state index is 0.147. The largest absolute Gasteiger partial charge is 0.288 e. The number of rotatable bonds is 2. The zero-order valence-corrected chi connectivity index (χ0v) is 9.73. The van der Waals surface area contributed by atoms with E-state index < -0.39 is 0 Å². The molecule has 78 valence electrons. The van der Waals surface area contributed by atoms with Crippen LogP contribution in [0.25, 0.3) is 0 Å². The second-order valence-electron chi connectivity index (χ2n) is 3.14. The molecular weight excluding hydrogens is 206 g/mol. The molecule has 0 N–H and O–H groups in total. The van der Waals surface area contributed by atoms with Crippen molar-refractivity contribution >= 4 is 16.9 Å². The lowest BCUT2D eigenvalue weighted by molar-refractivity contribution is -0.109. The molecule has 0 aliphatic rings. The molecule has 3 heteroatoms. The summed E-state index contributed by atoms with van der Waals surface area (Å²) in [6.45, 7) is 3.56. The molecule has 0 bridgehead atoms. The highest BCUT2D eigenvalue weighted by Crippen LogP contribution is 2.03. The van der Waals surface area contributed by atoms with Gasteiger partial charge in [0.2, 0.25) is 0 Å². The lowest BCUT2D eigenvalue weighted by atomic mass is 10.2. The quantitative estimate of drug-likeness (QED) is 0.565. The maximum Gasteiger partial charge on any atom is 0.185 e. The Labute approximate surface area is 94.5 Å². The summed E-state index contributed by atoms with van der Waals surface area (Å²) in [7, 11) is 0. The number of thioether (sulfide) groups is 1. The van der Waals surface area contributed by atoms with Crippen molar-refractivity contribution in [3.63, 3.8) is 0 Å². The summed E-state index contributed by atoms with van der Waals surface area (Å²) in [5.74, 6) is 6.81. The van der Waals surface area contributed by atoms with Gasteiger partial charge in [0, 0.05) is 37.1 Å². The molecule has 1 rings (SSSR count). The van der Waals surface area contributed by atoms with Crippen molar-refractivity contribution in [2.24, 2.45) is 0 Å². The van der Waals surface area contributed by atoms with Gasteiger partial charge in [-0.25, -0.2) is 0 Å². The number of hydrogen-bond acceptors (Lipinski definition) is 3. The summed E-state index contributed by atoms with van der Waals surface area (Å²) in [4.78, 5) is 14.7. The lowest BCUT2D eigenvalue weighted by Gasteiger charge is -1.92. The number of nitrogens with zero attached hydrogens (tertiary/aromatic N) is 1. The average molecular weight is 219 g/mol. The number of aromatic nitrogens is 1. The lowest BCUT2D eigenvalue weighted by Crippen LogP contribution is -1.84. The Morgan fingerprint density at radius 3 is 3.00 bits per heavy atom. The van der Waals surface area contributed by atoms with Gasteiger partial charge in [0.1, 0.15) is 0 Å². The fourth-order valence-electron chi connectivity index (χ4n) is 1.03. The SMILES string of the molecule is CC(=O)SCCC#Cc1cncc(C)c1. The Hall–Kier alpha value is -1.27. The zero-order valence-electron chi connectivity index (χ0n) is 8.91. The van der Waals surface area contributed by atoms with Gasteiger partial charge in [-0.1, -0.05) is 23.6 Å². The van der Waals surface area contributed by atoms with Crippen LogP contribution in [0.1, 0.15) is 24.5 Å². The molecule has 0 fully saturated rings. The number of carbonyl (C=O) groups excluding carboxylic acids is 1. The predicted molar refractivity (Wildman–Crippen MR) is 63.6 cm³/mol. The molecule has 2 nitrogen and oxygen atoms in total. The molecule has 0 aromatic carbocycles. The Kier molecular flexibility index (Phi) is 4.92. The van der Waals surface area contributed by atoms with E-state index >= 15 is 0 Å². The normalized spacial score (nSPS) is 9.20. The van der Waals surface area contributed by atoms with Crippen molar-refractivity contribution in [1.82, 2.24) is 4.98 Å². The monoisotopic (exact) mass is 219 g/mol. The topological polar surface area (TPSA) is 30.0 Å². The van der Waals surface area contributed by atoms with Crippen LogP contribution in [0, 0.1) is 18.8 Å². The van der Waals surface area contributed by atoms with E-state index in [9.17, 15) is 4.79 Å². The molecule has 0 saturated heterocycles. The second kappa shape index (κ2) is 6.26. The van der Waals surface area contributed by atoms with Crippen LogP contribution in [0.15, 0.2) is 18.5 Å². The van der Waals surface area contributed by atoms with Gasteiger partial charge in [0.05, 0.1) is 0 Å². The van der Waals surface area contributed by atoms with Crippen LogP contribution < -0.4 is 0 Å². The third-order valence-electron chi connectivity index (χ3n) is 1.64. The molecule has 0 atom stereocenters. The van der Waals surface area contributed by atoms with Crippen LogP contribution in [0.5, 0.6) is 0 Å². The average Bonchev–Trinajstić information content (AvgIpc) is 2.17. The summed E-state index contributed by atoms with van der Waals surface area (Å²) < 4.78 is 0. The van der Waals surface area contributed by atoms with E-state index in [2.05, 4.69) is 16.8 Å². The van der Waals surface area contributed by atoms with Gasteiger partial charge in [0.25, 0.3) is 0 Å². The molecule has 0 spiro atoms. The molecule has 0 radical (unpaired) electrons. The Morgan fingerprint density at radius 2 is 2.33 bits per heavy atom. The van der Waals surface area contributed by atoms with E-state index in [4.69, 9.17) is 0 Å². The Morgan fingerprint density at radius 1 is 1.53 bits per heavy atom. The molecule has 0 aliphatic carbocycles. The van der Waals surface area contributed by atoms with Crippen LogP contribution in [-0.4, -0.2) is 15.9 Å². The highest BCUT2D eigenvalue weighted by atomic mass is 32.2. The van der Waals surface area contributed by atoms with Gasteiger partial charge >= 0.3 is 0 Å². The third kappa shape index (κ3) is 5.24. The van der Waals surface area contributed by atoms with Crippen LogP contribution in [0.3, 0.4) is 0 Å². The Balaban J connectivity index is 2.41. The van der Waals surface area contributed by atoms with E-state index in [-0.39, 0.29) is 5.12 Å². The van der Waals surface area contributed by atoms with E-state index in [1.807, 2.05) is 13.0 Å². The fraction of sp³-hybridized carbons (Fsp3) is 0.333. The predicted octanol–water partition coefficient (Wildman–Crippen LogP) is 2.41. The molecule has 1 aromatic heterocycles. The first kappa shape index (κ1) is 11.8. The van der Waals surface area contributed by atoms with Crippen LogP contribution in [0.4, 0.5) is 0 Å². The number of hydrogen-bond donors (Lipinski definition) is 0. The summed E-state index contributed by atoms with van der Waals surface area (Å²) in [5.41, 5.74) is 2.04. The highest BCUT2D eigenvalue weighted by molar-refractivity contribution is 8.13. The second-order valence-corrected chi connectivity index (χ2v) is 4.41. The van der Waals surface area contributed by atoms with E-state index in [1.165, 1.54) is 11.8 Å². The standard InChI is InChI=1S/C12H13NOS/c1-10-7-12(9-13-8-10)5-3-4-6-15-11(2)14/h7-9H,4,6H2,1-2H3. The van der Waals surface area contributed by atoms with Gasteiger partial charge in [-0.2, -0.15) is 0 Å². The van der Waals surface area contributed by atoms with Crippen LogP contribution >= 0.6 is 11.8 Å². The molecule has 0 saturated carbocycles. The van der Waals surface area contributed by atoms with E-state index in [1.54, 1.807) is 19.3 Å². The van der Waals surface area contributed by atoms with Crippen molar-refractivity contribution < 1.29 is 4.79 Å². The van der Waals surface area contributed by atoms with Crippen molar-refractivity contribution in [2.75, 3.05) is 5.75 Å². The van der Waals surface area contributed by atoms with Gasteiger partial charge in [0.15, 0.2) is 5.12 Å². The van der Waals surface area contributed by atoms with Crippen molar-refractivity contribution in [3.05, 3.63) is 29.6 Å². The van der Waals surface area contributed by atoms with Gasteiger partial charge in [-0.05, 0) is 18.6 Å². The summed E-state index contributed by atoms with van der Waals surface area (Å²) >= 11 is 1.31. The van der Waals surface area contributed by atoms with Gasteiger partial charge < -0.3 is 0 Å². The molecule has 0 amide bonds. The molecule has 1 aromatic rings. The van der Waals surface area contributed by atoms with Crippen LogP contribution in [-0.2, 0) is 4.79 Å². The molecule has 15 heavy (non-hydrogen) atoms. The van der Waals surface area contributed by atoms with Crippen molar-refractivity contribution in [3.8, 4) is 11.8 Å². The van der Waals surface area contributed by atoms with Crippen LogP contribution in [0.2, 0.25) is 0 Å². The van der Waals surface area contributed by atoms with Crippen molar-refractivity contribution in [2.45, 2.75) is 20.3 Å². The van der Waals surface area contributed by atoms with Gasteiger partial charge in [-0.3, -0.25) is 9.78 Å². The van der Waals surface area contributed by atoms with E-state index in [0.29, 0.717) is 0 Å². The van der Waals surface area contributed by atoms with E-state index in [0.717, 1.165) is 23.3 Å². The first-order valence-corrected chi connectivity index (χ1v) is 5.71. The number of aryl methyl sites for hydroxylation is 1. The maximum absolute atomic E-state index is 10.6. The van der Waals surface area contributed by atoms with Gasteiger partial charge in [-0.15, -0.1) is 0 Å². The minimum absolute atomic E-state index is 0.147. The zero-order chi connectivity index (χ0) is 11.1. The number of carbonyl (C=O) groups is 1. The summed E-state index contributed by atoms with van der Waals surface area (Å²) in [6.07, 6.45) is 4.28. The smallest absolute Gasteiger partial charge is 0.185 e. The van der Waals surface area contributed by atoms with Crippen molar-refractivity contribution in [1.29, 1.82) is 0 Å². The first-order chi connectivity index (χ1) is 7.18. The molecule has 0 aliphatic heterocycles. The first-order valence-electron chi connectivity index (χ1n) is 4.72. The maximum atomic E-state index is 10.6. The minimum Gasteiger partial charge on any atom is -0.288 e. The number of pyridine rings is 1.